The van der Waals surface area contributed by atoms with Gasteiger partial charge in [-0.1, -0.05) is 18.2 Å². The van der Waals surface area contributed by atoms with E-state index < -0.39 is 12.0 Å². The summed E-state index contributed by atoms with van der Waals surface area (Å²) in [6, 6.07) is 6.91. The Morgan fingerprint density at radius 2 is 2.25 bits per heavy atom. The maximum absolute atomic E-state index is 10.9. The normalized spacial score (nSPS) is 12.3. The smallest absolute Gasteiger partial charge is 0.321 e. The minimum atomic E-state index is -0.830. The molecule has 4 nitrogen and oxygen atoms in total. The summed E-state index contributed by atoms with van der Waals surface area (Å²) in [6.45, 7) is 0.476. The quantitative estimate of drug-likeness (QED) is 0.651. The topological polar surface area (TPSA) is 75.3 Å². The van der Waals surface area contributed by atoms with Gasteiger partial charge in [-0.3, -0.25) is 10.1 Å². The number of hydrogen-bond acceptors (Lipinski definition) is 4. The predicted molar refractivity (Wildman–Crippen MR) is 67.5 cm³/mol. The number of carboxylic acid groups (broad SMARTS) is 1. The molecule has 0 saturated carbocycles. The van der Waals surface area contributed by atoms with Crippen LogP contribution in [0.15, 0.2) is 24.3 Å². The molecule has 0 aliphatic carbocycles. The van der Waals surface area contributed by atoms with Crippen molar-refractivity contribution in [2.45, 2.75) is 12.6 Å². The van der Waals surface area contributed by atoms with Crippen LogP contribution in [0.2, 0.25) is 0 Å². The zero-order chi connectivity index (χ0) is 12.0. The standard InChI is InChI=1S/C11H16N2O2S/c1-16-7-10(11(14)15)13-6-8-4-2-3-5-9(8)12/h2-5,10,13H,6-7,12H2,1H3,(H,14,15). The van der Waals surface area contributed by atoms with Crippen molar-refractivity contribution in [3.63, 3.8) is 0 Å². The van der Waals surface area contributed by atoms with Gasteiger partial charge in [0.15, 0.2) is 0 Å². The number of carbonyl (C=O) groups is 1. The van der Waals surface area contributed by atoms with Crippen molar-refractivity contribution in [3.8, 4) is 0 Å². The number of aliphatic carboxylic acids is 1. The molecular formula is C11H16N2O2S. The number of thioether (sulfide) groups is 1. The summed E-state index contributed by atoms with van der Waals surface area (Å²) >= 11 is 1.50. The van der Waals surface area contributed by atoms with Crippen LogP contribution in [0.1, 0.15) is 5.56 Å². The van der Waals surface area contributed by atoms with Crippen LogP contribution >= 0.6 is 11.8 Å². The second kappa shape index (κ2) is 6.40. The molecule has 16 heavy (non-hydrogen) atoms. The summed E-state index contributed by atoms with van der Waals surface area (Å²) in [5.74, 6) is -0.286. The van der Waals surface area contributed by atoms with E-state index in [1.807, 2.05) is 24.5 Å². The Bertz CT molecular complexity index is 358. The van der Waals surface area contributed by atoms with E-state index in [1.165, 1.54) is 11.8 Å². The van der Waals surface area contributed by atoms with Gasteiger partial charge in [0.25, 0.3) is 0 Å². The molecule has 0 heterocycles. The first kappa shape index (κ1) is 12.9. The SMILES string of the molecule is CSCC(NCc1ccccc1N)C(=O)O. The average molecular weight is 240 g/mol. The molecule has 1 unspecified atom stereocenters. The molecule has 0 radical (unpaired) electrons. The Hall–Kier alpha value is -1.20. The minimum Gasteiger partial charge on any atom is -0.480 e. The molecule has 88 valence electrons. The van der Waals surface area contributed by atoms with Crippen LogP contribution < -0.4 is 11.1 Å². The molecule has 0 aliphatic rings. The lowest BCUT2D eigenvalue weighted by atomic mass is 10.2. The summed E-state index contributed by atoms with van der Waals surface area (Å²) < 4.78 is 0. The number of nitrogens with two attached hydrogens (primary N) is 1. The van der Waals surface area contributed by atoms with E-state index in [4.69, 9.17) is 10.8 Å². The van der Waals surface area contributed by atoms with Gasteiger partial charge in [0.1, 0.15) is 6.04 Å². The van der Waals surface area contributed by atoms with E-state index >= 15 is 0 Å². The fraction of sp³-hybridized carbons (Fsp3) is 0.364. The largest absolute Gasteiger partial charge is 0.480 e. The van der Waals surface area contributed by atoms with Crippen molar-refractivity contribution >= 4 is 23.4 Å². The molecule has 5 heteroatoms. The number of anilines is 1. The third-order valence-corrected chi connectivity index (χ3v) is 2.89. The first-order valence-electron chi connectivity index (χ1n) is 4.93. The van der Waals surface area contributed by atoms with Gasteiger partial charge in [-0.15, -0.1) is 0 Å². The Morgan fingerprint density at radius 3 is 2.81 bits per heavy atom. The molecule has 0 amide bonds. The highest BCUT2D eigenvalue weighted by Crippen LogP contribution is 2.10. The summed E-state index contributed by atoms with van der Waals surface area (Å²) in [4.78, 5) is 10.9. The van der Waals surface area contributed by atoms with Crippen molar-refractivity contribution in [2.24, 2.45) is 0 Å². The maximum atomic E-state index is 10.9. The fourth-order valence-corrected chi connectivity index (χ4v) is 1.91. The van der Waals surface area contributed by atoms with Gasteiger partial charge in [0.05, 0.1) is 0 Å². The molecule has 0 saturated heterocycles. The zero-order valence-electron chi connectivity index (χ0n) is 9.14. The second-order valence-corrected chi connectivity index (χ2v) is 4.34. The van der Waals surface area contributed by atoms with Crippen molar-refractivity contribution in [2.75, 3.05) is 17.7 Å². The van der Waals surface area contributed by atoms with Gasteiger partial charge < -0.3 is 10.8 Å². The van der Waals surface area contributed by atoms with Gasteiger partial charge in [-0.25, -0.2) is 0 Å². The zero-order valence-corrected chi connectivity index (χ0v) is 9.96. The molecule has 0 spiro atoms. The van der Waals surface area contributed by atoms with E-state index in [0.717, 1.165) is 5.56 Å². The minimum absolute atomic E-state index is 0.476. The molecular weight excluding hydrogens is 224 g/mol. The number of hydrogen-bond donors (Lipinski definition) is 3. The lowest BCUT2D eigenvalue weighted by Crippen LogP contribution is -2.38. The number of nitrogen functional groups attached to an aromatic ring is 1. The third-order valence-electron chi connectivity index (χ3n) is 2.23. The highest BCUT2D eigenvalue weighted by Gasteiger charge is 2.15. The predicted octanol–water partition coefficient (Wildman–Crippen LogP) is 1.17. The van der Waals surface area contributed by atoms with Gasteiger partial charge >= 0.3 is 5.97 Å². The molecule has 1 atom stereocenters. The van der Waals surface area contributed by atoms with E-state index in [1.54, 1.807) is 6.07 Å². The first-order chi connectivity index (χ1) is 7.65. The second-order valence-electron chi connectivity index (χ2n) is 3.43. The number of nitrogens with one attached hydrogen (secondary N) is 1. The molecule has 1 aromatic carbocycles. The van der Waals surface area contributed by atoms with Crippen LogP contribution in [0, 0.1) is 0 Å². The van der Waals surface area contributed by atoms with Crippen LogP contribution in [0.3, 0.4) is 0 Å². The summed E-state index contributed by atoms with van der Waals surface area (Å²) in [5.41, 5.74) is 7.37. The lowest BCUT2D eigenvalue weighted by molar-refractivity contribution is -0.138. The number of carboxylic acids is 1. The number of para-hydroxylation sites is 1. The molecule has 1 aromatic rings. The molecule has 0 fully saturated rings. The Balaban J connectivity index is 2.55. The van der Waals surface area contributed by atoms with Crippen LogP contribution in [0.25, 0.3) is 0 Å². The summed E-state index contributed by atoms with van der Waals surface area (Å²) in [5, 5.41) is 11.9. The number of rotatable bonds is 6. The Kier molecular flexibility index (Phi) is 5.14. The highest BCUT2D eigenvalue weighted by atomic mass is 32.2. The molecule has 0 aromatic heterocycles. The molecule has 4 N–H and O–H groups in total. The van der Waals surface area contributed by atoms with E-state index in [-0.39, 0.29) is 0 Å². The van der Waals surface area contributed by atoms with Crippen LogP contribution in [0.5, 0.6) is 0 Å². The molecule has 0 bridgehead atoms. The van der Waals surface area contributed by atoms with Crippen molar-refractivity contribution in [1.29, 1.82) is 0 Å². The maximum Gasteiger partial charge on any atom is 0.321 e. The van der Waals surface area contributed by atoms with Crippen molar-refractivity contribution in [3.05, 3.63) is 29.8 Å². The molecule has 0 aliphatic heterocycles. The van der Waals surface area contributed by atoms with Crippen LogP contribution in [-0.2, 0) is 11.3 Å². The Labute approximate surface area is 99.2 Å². The van der Waals surface area contributed by atoms with Crippen molar-refractivity contribution in [1.82, 2.24) is 5.32 Å². The Morgan fingerprint density at radius 1 is 1.56 bits per heavy atom. The summed E-state index contributed by atoms with van der Waals surface area (Å²) in [6.07, 6.45) is 1.88. The van der Waals surface area contributed by atoms with Gasteiger partial charge in [-0.05, 0) is 17.9 Å². The average Bonchev–Trinajstić information content (AvgIpc) is 2.26. The monoisotopic (exact) mass is 240 g/mol. The van der Waals surface area contributed by atoms with Gasteiger partial charge in [-0.2, -0.15) is 11.8 Å². The van der Waals surface area contributed by atoms with E-state index in [0.29, 0.717) is 18.0 Å². The van der Waals surface area contributed by atoms with E-state index in [2.05, 4.69) is 5.32 Å². The van der Waals surface area contributed by atoms with Gasteiger partial charge in [0.2, 0.25) is 0 Å². The van der Waals surface area contributed by atoms with E-state index in [9.17, 15) is 4.79 Å². The first-order valence-corrected chi connectivity index (χ1v) is 6.33. The van der Waals surface area contributed by atoms with Crippen LogP contribution in [-0.4, -0.2) is 29.1 Å². The van der Waals surface area contributed by atoms with Crippen molar-refractivity contribution < 1.29 is 9.90 Å². The molecule has 1 rings (SSSR count). The highest BCUT2D eigenvalue weighted by molar-refractivity contribution is 7.98. The third kappa shape index (κ3) is 3.75. The lowest BCUT2D eigenvalue weighted by Gasteiger charge is -2.14. The number of benzene rings is 1. The van der Waals surface area contributed by atoms with Crippen LogP contribution in [0.4, 0.5) is 5.69 Å². The van der Waals surface area contributed by atoms with Gasteiger partial charge in [0, 0.05) is 18.0 Å². The summed E-state index contributed by atoms with van der Waals surface area (Å²) in [7, 11) is 0. The fourth-order valence-electron chi connectivity index (χ4n) is 1.31.